The summed E-state index contributed by atoms with van der Waals surface area (Å²) in [6.07, 6.45) is 1.17. The lowest BCUT2D eigenvalue weighted by Crippen LogP contribution is -2.36. The van der Waals surface area contributed by atoms with Crippen molar-refractivity contribution in [3.63, 3.8) is 0 Å². The lowest BCUT2D eigenvalue weighted by Gasteiger charge is -2.18. The fourth-order valence-corrected chi connectivity index (χ4v) is 1.94. The van der Waals surface area contributed by atoms with Crippen LogP contribution in [0.3, 0.4) is 0 Å². The fraction of sp³-hybridized carbons (Fsp3) is 0.333. The van der Waals surface area contributed by atoms with Crippen LogP contribution in [0.25, 0.3) is 0 Å². The molecule has 2 unspecified atom stereocenters. The highest BCUT2D eigenvalue weighted by Crippen LogP contribution is 2.20. The van der Waals surface area contributed by atoms with Gasteiger partial charge in [-0.25, -0.2) is 9.98 Å². The minimum Gasteiger partial charge on any atom is -0.305 e. The van der Waals surface area contributed by atoms with Gasteiger partial charge in [0, 0.05) is 6.20 Å². The van der Waals surface area contributed by atoms with Crippen molar-refractivity contribution in [1.29, 1.82) is 0 Å². The minimum atomic E-state index is -0.591. The molecule has 0 aliphatic carbocycles. The lowest BCUT2D eigenvalue weighted by molar-refractivity contribution is 0.874. The van der Waals surface area contributed by atoms with Crippen LogP contribution in [-0.2, 0) is 0 Å². The molecule has 4 nitrogen and oxygen atoms in total. The number of rotatable bonds is 2. The first-order chi connectivity index (χ1) is 8.49. The Labute approximate surface area is 128 Å². The first-order valence-electron chi connectivity index (χ1n) is 5.53. The van der Waals surface area contributed by atoms with Crippen LogP contribution in [0.2, 0.25) is 0 Å². The number of thiocarbonyl (C=S) groups is 1. The maximum atomic E-state index is 5.95. The van der Waals surface area contributed by atoms with Gasteiger partial charge in [-0.05, 0) is 31.5 Å². The zero-order valence-corrected chi connectivity index (χ0v) is 12.9. The third kappa shape index (κ3) is 3.57. The second-order valence-corrected chi connectivity index (χ2v) is 4.98. The highest BCUT2D eigenvalue weighted by molar-refractivity contribution is 7.82. The molecule has 1 aromatic rings. The van der Waals surface area contributed by atoms with Crippen molar-refractivity contribution < 1.29 is 0 Å². The number of nitrogens with two attached hydrogens (primary N) is 1. The zero-order chi connectivity index (χ0) is 13.3. The molecule has 19 heavy (non-hydrogen) atoms. The molecule has 1 aromatic heterocycles. The van der Waals surface area contributed by atoms with Crippen LogP contribution < -0.4 is 5.73 Å². The van der Waals surface area contributed by atoms with Crippen LogP contribution in [0.15, 0.2) is 28.3 Å². The van der Waals surface area contributed by atoms with Gasteiger partial charge in [0.25, 0.3) is 0 Å². The second kappa shape index (κ2) is 6.52. The van der Waals surface area contributed by atoms with Gasteiger partial charge in [-0.1, -0.05) is 23.8 Å². The standard InChI is InChI=1S/C12H13ClN4S.ClH/c1-6-3-4-15-8(5-6)7(2)12-16-10(13)9(18)11(14)17-12;/h3-5,7,11H,14H2,1-2H3;1H. The molecule has 0 radical (unpaired) electrons. The minimum absolute atomic E-state index is 0. The molecule has 0 fully saturated rings. The largest absolute Gasteiger partial charge is 0.305 e. The van der Waals surface area contributed by atoms with Crippen molar-refractivity contribution >= 4 is 52.1 Å². The van der Waals surface area contributed by atoms with Gasteiger partial charge in [-0.15, -0.1) is 12.4 Å². The molecular formula is C12H14Cl2N4S. The SMILES string of the molecule is Cc1ccnc(C(C)C2=NC(N)C(=S)C(Cl)=N2)c1.Cl. The summed E-state index contributed by atoms with van der Waals surface area (Å²) in [4.78, 5) is 13.1. The van der Waals surface area contributed by atoms with Crippen LogP contribution in [0.4, 0.5) is 0 Å². The number of aromatic nitrogens is 1. The van der Waals surface area contributed by atoms with Crippen LogP contribution in [-0.4, -0.2) is 27.0 Å². The predicted octanol–water partition coefficient (Wildman–Crippen LogP) is 2.62. The van der Waals surface area contributed by atoms with E-state index >= 15 is 0 Å². The van der Waals surface area contributed by atoms with E-state index in [1.165, 1.54) is 0 Å². The maximum absolute atomic E-state index is 5.95. The van der Waals surface area contributed by atoms with E-state index in [2.05, 4.69) is 15.0 Å². The van der Waals surface area contributed by atoms with Crippen molar-refractivity contribution in [2.45, 2.75) is 25.9 Å². The summed E-state index contributed by atoms with van der Waals surface area (Å²) >= 11 is 11.0. The van der Waals surface area contributed by atoms with E-state index < -0.39 is 6.17 Å². The summed E-state index contributed by atoms with van der Waals surface area (Å²) in [6, 6.07) is 3.94. The summed E-state index contributed by atoms with van der Waals surface area (Å²) in [5.41, 5.74) is 7.82. The number of hydrogen-bond donors (Lipinski definition) is 1. The Morgan fingerprint density at radius 2 is 2.16 bits per heavy atom. The van der Waals surface area contributed by atoms with E-state index in [1.807, 2.05) is 26.0 Å². The predicted molar refractivity (Wildman–Crippen MR) is 85.9 cm³/mol. The monoisotopic (exact) mass is 316 g/mol. The van der Waals surface area contributed by atoms with E-state index in [4.69, 9.17) is 29.6 Å². The molecule has 7 heteroatoms. The third-order valence-electron chi connectivity index (χ3n) is 2.72. The van der Waals surface area contributed by atoms with Gasteiger partial charge < -0.3 is 5.73 Å². The first-order valence-corrected chi connectivity index (χ1v) is 6.32. The zero-order valence-electron chi connectivity index (χ0n) is 10.5. The Balaban J connectivity index is 0.00000180. The Bertz CT molecular complexity index is 556. The Morgan fingerprint density at radius 1 is 1.47 bits per heavy atom. The molecular weight excluding hydrogens is 303 g/mol. The van der Waals surface area contributed by atoms with Crippen molar-refractivity contribution in [3.8, 4) is 0 Å². The number of hydrogen-bond acceptors (Lipinski definition) is 5. The summed E-state index contributed by atoms with van der Waals surface area (Å²) in [7, 11) is 0. The van der Waals surface area contributed by atoms with Crippen molar-refractivity contribution in [2.75, 3.05) is 0 Å². The highest BCUT2D eigenvalue weighted by atomic mass is 35.5. The highest BCUT2D eigenvalue weighted by Gasteiger charge is 2.24. The van der Waals surface area contributed by atoms with E-state index in [0.29, 0.717) is 10.7 Å². The molecule has 0 saturated carbocycles. The van der Waals surface area contributed by atoms with Gasteiger partial charge in [0.1, 0.15) is 17.2 Å². The smallest absolute Gasteiger partial charge is 0.148 e. The molecule has 1 aliphatic heterocycles. The molecule has 0 amide bonds. The molecule has 2 N–H and O–H groups in total. The third-order valence-corrected chi connectivity index (χ3v) is 3.56. The normalized spacial score (nSPS) is 20.2. The number of pyridine rings is 1. The van der Waals surface area contributed by atoms with Crippen LogP contribution in [0, 0.1) is 6.92 Å². The molecule has 0 spiro atoms. The van der Waals surface area contributed by atoms with Gasteiger partial charge in [-0.3, -0.25) is 4.98 Å². The molecule has 2 heterocycles. The summed E-state index contributed by atoms with van der Waals surface area (Å²) < 4.78 is 0. The molecule has 2 atom stereocenters. The van der Waals surface area contributed by atoms with Gasteiger partial charge in [0.15, 0.2) is 0 Å². The maximum Gasteiger partial charge on any atom is 0.148 e. The van der Waals surface area contributed by atoms with Gasteiger partial charge in [0.05, 0.1) is 16.5 Å². The summed E-state index contributed by atoms with van der Waals surface area (Å²) in [5.74, 6) is 0.506. The Morgan fingerprint density at radius 3 is 2.74 bits per heavy atom. The van der Waals surface area contributed by atoms with E-state index in [0.717, 1.165) is 11.3 Å². The van der Waals surface area contributed by atoms with Crippen LogP contribution in [0.5, 0.6) is 0 Å². The Hall–Kier alpha value is -0.880. The lowest BCUT2D eigenvalue weighted by atomic mass is 10.0. The number of amidine groups is 1. The quantitative estimate of drug-likeness (QED) is 0.853. The van der Waals surface area contributed by atoms with E-state index in [9.17, 15) is 0 Å². The molecule has 102 valence electrons. The van der Waals surface area contributed by atoms with Crippen molar-refractivity contribution in [3.05, 3.63) is 29.6 Å². The van der Waals surface area contributed by atoms with E-state index in [1.54, 1.807) is 6.20 Å². The van der Waals surface area contributed by atoms with Crippen molar-refractivity contribution in [2.24, 2.45) is 15.7 Å². The summed E-state index contributed by atoms with van der Waals surface area (Å²) in [6.45, 7) is 3.98. The van der Waals surface area contributed by atoms with Gasteiger partial charge >= 0.3 is 0 Å². The number of nitrogens with zero attached hydrogens (tertiary/aromatic N) is 3. The molecule has 1 aliphatic rings. The van der Waals surface area contributed by atoms with Crippen LogP contribution >= 0.6 is 36.2 Å². The summed E-state index contributed by atoms with van der Waals surface area (Å²) in [5, 5.41) is 0.252. The van der Waals surface area contributed by atoms with Gasteiger partial charge in [-0.2, -0.15) is 0 Å². The average Bonchev–Trinajstić information content (AvgIpc) is 2.34. The number of aryl methyl sites for hydroxylation is 1. The molecule has 0 aromatic carbocycles. The Kier molecular flexibility index (Phi) is 5.55. The van der Waals surface area contributed by atoms with Crippen molar-refractivity contribution in [1.82, 2.24) is 4.98 Å². The molecule has 0 bridgehead atoms. The second-order valence-electron chi connectivity index (χ2n) is 4.18. The molecule has 0 saturated heterocycles. The van der Waals surface area contributed by atoms with E-state index in [-0.39, 0.29) is 23.5 Å². The first kappa shape index (κ1) is 16.2. The van der Waals surface area contributed by atoms with Gasteiger partial charge in [0.2, 0.25) is 0 Å². The number of halogens is 2. The topological polar surface area (TPSA) is 63.6 Å². The number of aliphatic imine (C=N–C) groups is 2. The van der Waals surface area contributed by atoms with Crippen LogP contribution in [0.1, 0.15) is 24.1 Å². The molecule has 2 rings (SSSR count). The fourth-order valence-electron chi connectivity index (χ4n) is 1.64. The average molecular weight is 317 g/mol.